The number of hydrogen-bond acceptors (Lipinski definition) is 7. The lowest BCUT2D eigenvalue weighted by Crippen LogP contribution is -2.47. The van der Waals surface area contributed by atoms with Crippen LogP contribution in [0.3, 0.4) is 0 Å². The van der Waals surface area contributed by atoms with Gasteiger partial charge in [-0.15, -0.1) is 0 Å². The van der Waals surface area contributed by atoms with E-state index in [2.05, 4.69) is 37.6 Å². The Labute approximate surface area is 181 Å². The van der Waals surface area contributed by atoms with E-state index < -0.39 is 0 Å². The summed E-state index contributed by atoms with van der Waals surface area (Å²) in [7, 11) is 4.71. The van der Waals surface area contributed by atoms with E-state index in [0.717, 1.165) is 26.2 Å². The standard InChI is InChI=1S/C22H26N6O3/c1-23-22(29)26-20-16-13-18(30-2)19(31-3)14-17(16)24-21(25-20)28-11-9-27(10-12-28)15-7-5-4-6-8-15/h4-8,13-14H,9-12H2,1-3H3,(H2,23,24,25,26,29). The van der Waals surface area contributed by atoms with Crippen molar-refractivity contribution >= 4 is 34.4 Å². The number of amides is 2. The maximum Gasteiger partial charge on any atom is 0.320 e. The van der Waals surface area contributed by atoms with Crippen molar-refractivity contribution in [1.82, 2.24) is 15.3 Å². The van der Waals surface area contributed by atoms with Gasteiger partial charge in [0.15, 0.2) is 11.5 Å². The number of anilines is 3. The van der Waals surface area contributed by atoms with Crippen LogP contribution >= 0.6 is 0 Å². The number of rotatable bonds is 5. The van der Waals surface area contributed by atoms with Gasteiger partial charge in [0.05, 0.1) is 19.7 Å². The fraction of sp³-hybridized carbons (Fsp3) is 0.318. The monoisotopic (exact) mass is 422 g/mol. The van der Waals surface area contributed by atoms with E-state index in [1.807, 2.05) is 18.2 Å². The number of nitrogens with zero attached hydrogens (tertiary/aromatic N) is 4. The minimum absolute atomic E-state index is 0.352. The van der Waals surface area contributed by atoms with E-state index in [9.17, 15) is 4.79 Å². The number of para-hydroxylation sites is 1. The smallest absolute Gasteiger partial charge is 0.320 e. The molecule has 2 aromatic carbocycles. The summed E-state index contributed by atoms with van der Waals surface area (Å²) < 4.78 is 10.8. The molecule has 1 aliphatic rings. The van der Waals surface area contributed by atoms with Crippen molar-refractivity contribution in [2.75, 3.05) is 62.6 Å². The molecule has 1 fully saturated rings. The molecule has 0 atom stereocenters. The fourth-order valence-electron chi connectivity index (χ4n) is 3.65. The number of nitrogens with one attached hydrogen (secondary N) is 2. The molecule has 9 heteroatoms. The second-order valence-electron chi connectivity index (χ2n) is 7.11. The highest BCUT2D eigenvalue weighted by Gasteiger charge is 2.22. The largest absolute Gasteiger partial charge is 0.493 e. The number of methoxy groups -OCH3 is 2. The Morgan fingerprint density at radius 2 is 1.58 bits per heavy atom. The third-order valence-electron chi connectivity index (χ3n) is 5.33. The molecule has 162 valence electrons. The number of ether oxygens (including phenoxy) is 2. The van der Waals surface area contributed by atoms with Crippen LogP contribution in [0.5, 0.6) is 11.5 Å². The van der Waals surface area contributed by atoms with Crippen LogP contribution in [0.15, 0.2) is 42.5 Å². The first-order valence-corrected chi connectivity index (χ1v) is 10.1. The van der Waals surface area contributed by atoms with Crippen LogP contribution in [0.4, 0.5) is 22.2 Å². The Balaban J connectivity index is 1.66. The van der Waals surface area contributed by atoms with Crippen LogP contribution in [0.25, 0.3) is 10.9 Å². The van der Waals surface area contributed by atoms with Gasteiger partial charge in [0, 0.05) is 50.4 Å². The fourth-order valence-corrected chi connectivity index (χ4v) is 3.65. The minimum atomic E-state index is -0.352. The Morgan fingerprint density at radius 1 is 0.935 bits per heavy atom. The predicted molar refractivity (Wildman–Crippen MR) is 122 cm³/mol. The Kier molecular flexibility index (Phi) is 5.92. The predicted octanol–water partition coefficient (Wildman–Crippen LogP) is 2.72. The van der Waals surface area contributed by atoms with E-state index >= 15 is 0 Å². The number of aromatic nitrogens is 2. The van der Waals surface area contributed by atoms with Crippen LogP contribution in [0.2, 0.25) is 0 Å². The molecule has 9 nitrogen and oxygen atoms in total. The number of piperazine rings is 1. The summed E-state index contributed by atoms with van der Waals surface area (Å²) in [5.74, 6) is 2.10. The first-order valence-electron chi connectivity index (χ1n) is 10.1. The van der Waals surface area contributed by atoms with E-state index in [1.165, 1.54) is 5.69 Å². The molecular weight excluding hydrogens is 396 g/mol. The van der Waals surface area contributed by atoms with E-state index in [-0.39, 0.29) is 6.03 Å². The zero-order valence-electron chi connectivity index (χ0n) is 17.9. The van der Waals surface area contributed by atoms with Crippen LogP contribution in [0.1, 0.15) is 0 Å². The Hall–Kier alpha value is -3.75. The molecule has 1 aromatic heterocycles. The van der Waals surface area contributed by atoms with Gasteiger partial charge in [-0.25, -0.2) is 9.78 Å². The molecule has 0 saturated carbocycles. The molecule has 1 aliphatic heterocycles. The van der Waals surface area contributed by atoms with Crippen LogP contribution < -0.4 is 29.9 Å². The molecule has 3 aromatic rings. The van der Waals surface area contributed by atoms with Crippen molar-refractivity contribution in [2.24, 2.45) is 0 Å². The number of benzene rings is 2. The van der Waals surface area contributed by atoms with Gasteiger partial charge in [0.1, 0.15) is 5.82 Å². The Morgan fingerprint density at radius 3 is 2.23 bits per heavy atom. The van der Waals surface area contributed by atoms with Crippen molar-refractivity contribution in [3.05, 3.63) is 42.5 Å². The SMILES string of the molecule is CNC(=O)Nc1nc(N2CCN(c3ccccc3)CC2)nc2cc(OC)c(OC)cc12. The zero-order chi connectivity index (χ0) is 21.8. The number of fused-ring (bicyclic) bond motifs is 1. The zero-order valence-corrected chi connectivity index (χ0v) is 17.9. The van der Waals surface area contributed by atoms with Gasteiger partial charge in [-0.1, -0.05) is 18.2 Å². The normalized spacial score (nSPS) is 13.8. The van der Waals surface area contributed by atoms with Gasteiger partial charge in [0.2, 0.25) is 5.95 Å². The van der Waals surface area contributed by atoms with Crippen molar-refractivity contribution in [3.63, 3.8) is 0 Å². The van der Waals surface area contributed by atoms with Gasteiger partial charge < -0.3 is 24.6 Å². The van der Waals surface area contributed by atoms with Gasteiger partial charge in [-0.2, -0.15) is 4.98 Å². The quantitative estimate of drug-likeness (QED) is 0.653. The summed E-state index contributed by atoms with van der Waals surface area (Å²) in [6, 6.07) is 13.6. The number of urea groups is 1. The molecule has 4 rings (SSSR count). The summed E-state index contributed by atoms with van der Waals surface area (Å²) in [4.78, 5) is 25.9. The van der Waals surface area contributed by atoms with Crippen molar-refractivity contribution in [3.8, 4) is 11.5 Å². The van der Waals surface area contributed by atoms with Gasteiger partial charge in [0.25, 0.3) is 0 Å². The third-order valence-corrected chi connectivity index (χ3v) is 5.33. The molecule has 0 radical (unpaired) electrons. The first kappa shape index (κ1) is 20.5. The Bertz CT molecular complexity index is 1070. The molecule has 0 unspecified atom stereocenters. The first-order chi connectivity index (χ1) is 15.1. The molecule has 2 amide bonds. The molecular formula is C22H26N6O3. The molecule has 0 bridgehead atoms. The lowest BCUT2D eigenvalue weighted by Gasteiger charge is -2.36. The summed E-state index contributed by atoms with van der Waals surface area (Å²) in [6.07, 6.45) is 0. The van der Waals surface area contributed by atoms with E-state index in [4.69, 9.17) is 14.5 Å². The average molecular weight is 422 g/mol. The number of carbonyl (C=O) groups excluding carboxylic acids is 1. The maximum absolute atomic E-state index is 12.0. The van der Waals surface area contributed by atoms with E-state index in [1.54, 1.807) is 33.4 Å². The van der Waals surface area contributed by atoms with Crippen LogP contribution in [0, 0.1) is 0 Å². The molecule has 0 aliphatic carbocycles. The number of carbonyl (C=O) groups is 1. The lowest BCUT2D eigenvalue weighted by molar-refractivity contribution is 0.254. The lowest BCUT2D eigenvalue weighted by atomic mass is 10.2. The van der Waals surface area contributed by atoms with E-state index in [0.29, 0.717) is 34.2 Å². The van der Waals surface area contributed by atoms with Crippen LogP contribution in [-0.2, 0) is 0 Å². The summed E-state index contributed by atoms with van der Waals surface area (Å²) >= 11 is 0. The summed E-state index contributed by atoms with van der Waals surface area (Å²) in [5.41, 5.74) is 1.87. The highest BCUT2D eigenvalue weighted by molar-refractivity contribution is 6.00. The minimum Gasteiger partial charge on any atom is -0.493 e. The maximum atomic E-state index is 12.0. The van der Waals surface area contributed by atoms with Gasteiger partial charge >= 0.3 is 6.03 Å². The van der Waals surface area contributed by atoms with Gasteiger partial charge in [-0.05, 0) is 18.2 Å². The summed E-state index contributed by atoms with van der Waals surface area (Å²) in [6.45, 7) is 3.26. The highest BCUT2D eigenvalue weighted by Crippen LogP contribution is 2.35. The molecule has 31 heavy (non-hydrogen) atoms. The van der Waals surface area contributed by atoms with Crippen molar-refractivity contribution < 1.29 is 14.3 Å². The van der Waals surface area contributed by atoms with Crippen molar-refractivity contribution in [2.45, 2.75) is 0 Å². The molecule has 2 heterocycles. The average Bonchev–Trinajstić information content (AvgIpc) is 2.83. The number of hydrogen-bond donors (Lipinski definition) is 2. The molecule has 2 N–H and O–H groups in total. The van der Waals surface area contributed by atoms with Crippen LogP contribution in [-0.4, -0.2) is 63.4 Å². The summed E-state index contributed by atoms with van der Waals surface area (Å²) in [5, 5.41) is 6.04. The van der Waals surface area contributed by atoms with Crippen molar-refractivity contribution in [1.29, 1.82) is 0 Å². The van der Waals surface area contributed by atoms with Gasteiger partial charge in [-0.3, -0.25) is 5.32 Å². The second kappa shape index (κ2) is 8.95. The third kappa shape index (κ3) is 4.25. The molecule has 1 saturated heterocycles. The second-order valence-corrected chi connectivity index (χ2v) is 7.11. The highest BCUT2D eigenvalue weighted by atomic mass is 16.5. The topological polar surface area (TPSA) is 91.9 Å². The molecule has 0 spiro atoms.